The molecule has 1 aromatic carbocycles. The first-order valence-electron chi connectivity index (χ1n) is 11.5. The van der Waals surface area contributed by atoms with E-state index in [4.69, 9.17) is 4.84 Å². The first-order chi connectivity index (χ1) is 14.8. The molecule has 0 saturated heterocycles. The van der Waals surface area contributed by atoms with Crippen LogP contribution >= 0.6 is 7.60 Å². The molecule has 2 N–H and O–H groups in total. The van der Waals surface area contributed by atoms with Crippen molar-refractivity contribution in [1.82, 2.24) is 5.06 Å². The molecule has 6 nitrogen and oxygen atoms in total. The number of carbonyl (C=O) groups is 1. The van der Waals surface area contributed by atoms with Crippen LogP contribution in [0.15, 0.2) is 39.7 Å². The van der Waals surface area contributed by atoms with Gasteiger partial charge in [0, 0.05) is 0 Å². The van der Waals surface area contributed by atoms with Gasteiger partial charge in [0.1, 0.15) is 0 Å². The summed E-state index contributed by atoms with van der Waals surface area (Å²) in [5, 5.41) is 1.14. The zero-order chi connectivity index (χ0) is 23.2. The fourth-order valence-electron chi connectivity index (χ4n) is 3.98. The molecule has 0 spiro atoms. The van der Waals surface area contributed by atoms with E-state index in [0.717, 1.165) is 62.5 Å². The van der Waals surface area contributed by atoms with Gasteiger partial charge in [-0.2, -0.15) is 0 Å². The van der Waals surface area contributed by atoms with Crippen LogP contribution in [0.5, 0.6) is 0 Å². The minimum absolute atomic E-state index is 0.0554. The summed E-state index contributed by atoms with van der Waals surface area (Å²) in [7, 11) is -4.41. The SMILES string of the molecule is CCC[CH2][Sn]([CH2]CCC)([CH2]CCC)[C](=CCN(C=O)OCc1ccccc1)P(=O)(O)O. The molecular weight excluding hydrogens is 520 g/mol. The Morgan fingerprint density at radius 1 is 1.00 bits per heavy atom. The molecule has 31 heavy (non-hydrogen) atoms. The average molecular weight is 560 g/mol. The number of carbonyl (C=O) groups excluding carboxylic acids is 1. The van der Waals surface area contributed by atoms with Crippen LogP contribution in [-0.2, 0) is 20.8 Å². The number of hydrogen-bond donors (Lipinski definition) is 2. The Morgan fingerprint density at radius 3 is 1.94 bits per heavy atom. The van der Waals surface area contributed by atoms with E-state index in [9.17, 15) is 19.1 Å². The summed E-state index contributed by atoms with van der Waals surface area (Å²) >= 11 is -3.33. The number of hydroxylamine groups is 2. The number of amides is 1. The van der Waals surface area contributed by atoms with Crippen molar-refractivity contribution in [3.05, 3.63) is 45.3 Å². The zero-order valence-electron chi connectivity index (χ0n) is 19.3. The summed E-state index contributed by atoms with van der Waals surface area (Å²) in [4.78, 5) is 37.8. The van der Waals surface area contributed by atoms with Crippen LogP contribution in [0, 0.1) is 0 Å². The number of unbranched alkanes of at least 4 members (excludes halogenated alkanes) is 3. The quantitative estimate of drug-likeness (QED) is 0.105. The second-order valence-corrected chi connectivity index (χ2v) is 24.1. The molecule has 1 amide bonds. The molecule has 0 radical (unpaired) electrons. The van der Waals surface area contributed by atoms with Gasteiger partial charge in [0.2, 0.25) is 0 Å². The number of rotatable bonds is 17. The van der Waals surface area contributed by atoms with Crippen LogP contribution in [0.2, 0.25) is 13.3 Å². The molecule has 0 saturated carbocycles. The molecule has 0 heterocycles. The molecule has 0 atom stereocenters. The van der Waals surface area contributed by atoms with E-state index in [1.165, 1.54) is 0 Å². The van der Waals surface area contributed by atoms with Crippen LogP contribution in [0.1, 0.15) is 64.9 Å². The Balaban J connectivity index is 3.16. The third-order valence-electron chi connectivity index (χ3n) is 5.71. The molecule has 1 rings (SSSR count). The van der Waals surface area contributed by atoms with Gasteiger partial charge in [0.25, 0.3) is 0 Å². The first kappa shape index (κ1) is 28.4. The fraction of sp³-hybridized carbons (Fsp3) is 0.609. The van der Waals surface area contributed by atoms with Crippen molar-refractivity contribution in [1.29, 1.82) is 0 Å². The van der Waals surface area contributed by atoms with Gasteiger partial charge >= 0.3 is 192 Å². The van der Waals surface area contributed by atoms with Gasteiger partial charge < -0.3 is 0 Å². The topological polar surface area (TPSA) is 87.1 Å². The predicted molar refractivity (Wildman–Crippen MR) is 129 cm³/mol. The third kappa shape index (κ3) is 10.2. The number of hydrogen-bond acceptors (Lipinski definition) is 3. The van der Waals surface area contributed by atoms with Crippen LogP contribution in [0.25, 0.3) is 0 Å². The molecule has 0 aliphatic rings. The Bertz CT molecular complexity index is 685. The van der Waals surface area contributed by atoms with Crippen molar-refractivity contribution in [3.8, 4) is 0 Å². The summed E-state index contributed by atoms with van der Waals surface area (Å²) in [6.07, 6.45) is 8.29. The summed E-state index contributed by atoms with van der Waals surface area (Å²) in [5.74, 6) is 0. The van der Waals surface area contributed by atoms with Gasteiger partial charge in [-0.05, 0) is 0 Å². The second-order valence-electron chi connectivity index (χ2n) is 8.19. The standard InChI is InChI=1S/C11H13NO5P.3C4H9.Sn/c13-10-12(7-4-8-18(14,15)16)17-9-11-5-2-1-3-6-11;3*1-3-4-2;/h1-6,10H,7,9H2,(H2,14,15,16);3*1,3-4H2,2H3;. The molecule has 0 bridgehead atoms. The molecule has 1 aromatic rings. The van der Waals surface area contributed by atoms with Gasteiger partial charge in [-0.1, -0.05) is 0 Å². The van der Waals surface area contributed by atoms with Gasteiger partial charge in [-0.3, -0.25) is 0 Å². The first-order valence-corrected chi connectivity index (χ1v) is 20.6. The van der Waals surface area contributed by atoms with E-state index < -0.39 is 26.0 Å². The molecule has 0 aromatic heterocycles. The van der Waals surface area contributed by atoms with Crippen molar-refractivity contribution in [2.75, 3.05) is 6.54 Å². The van der Waals surface area contributed by atoms with Crippen LogP contribution < -0.4 is 0 Å². The molecule has 176 valence electrons. The summed E-state index contributed by atoms with van der Waals surface area (Å²) in [6, 6.07) is 9.51. The normalized spacial score (nSPS) is 12.7. The molecule has 0 unspecified atom stereocenters. The van der Waals surface area contributed by atoms with Gasteiger partial charge in [0.05, 0.1) is 0 Å². The van der Waals surface area contributed by atoms with Crippen molar-refractivity contribution in [2.45, 2.75) is 79.2 Å². The number of nitrogens with zero attached hydrogens (tertiary/aromatic N) is 1. The molecule has 0 fully saturated rings. The maximum absolute atomic E-state index is 12.7. The Hall–Kier alpha value is -0.661. The van der Waals surface area contributed by atoms with E-state index in [1.807, 2.05) is 30.3 Å². The predicted octanol–water partition coefficient (Wildman–Crippen LogP) is 6.03. The second kappa shape index (κ2) is 15.2. The molecule has 0 aliphatic carbocycles. The van der Waals surface area contributed by atoms with Crippen LogP contribution in [-0.4, -0.2) is 46.2 Å². The van der Waals surface area contributed by atoms with E-state index in [1.54, 1.807) is 6.08 Å². The summed E-state index contributed by atoms with van der Waals surface area (Å²) in [5.41, 5.74) is 0.927. The average Bonchev–Trinajstić information content (AvgIpc) is 2.76. The van der Waals surface area contributed by atoms with E-state index >= 15 is 0 Å². The monoisotopic (exact) mass is 561 g/mol. The Labute approximate surface area is 192 Å². The zero-order valence-corrected chi connectivity index (χ0v) is 23.1. The van der Waals surface area contributed by atoms with Crippen molar-refractivity contribution in [3.63, 3.8) is 0 Å². The summed E-state index contributed by atoms with van der Waals surface area (Å²) in [6.45, 7) is 6.67. The van der Waals surface area contributed by atoms with Crippen molar-refractivity contribution >= 4 is 32.4 Å². The van der Waals surface area contributed by atoms with E-state index in [-0.39, 0.29) is 13.2 Å². The molecular formula is C23H40NO5PSn. The number of benzene rings is 1. The van der Waals surface area contributed by atoms with Gasteiger partial charge in [-0.15, -0.1) is 0 Å². The van der Waals surface area contributed by atoms with Gasteiger partial charge in [-0.25, -0.2) is 0 Å². The van der Waals surface area contributed by atoms with E-state index in [2.05, 4.69) is 20.8 Å². The Morgan fingerprint density at radius 2 is 1.52 bits per heavy atom. The molecule has 0 aliphatic heterocycles. The molecule has 8 heteroatoms. The van der Waals surface area contributed by atoms with Crippen LogP contribution in [0.3, 0.4) is 0 Å². The van der Waals surface area contributed by atoms with Crippen molar-refractivity contribution < 1.29 is 24.0 Å². The van der Waals surface area contributed by atoms with E-state index in [0.29, 0.717) is 9.74 Å². The fourth-order valence-corrected chi connectivity index (χ4v) is 27.1. The maximum atomic E-state index is 12.7. The summed E-state index contributed by atoms with van der Waals surface area (Å²) < 4.78 is 15.9. The minimum atomic E-state index is -4.41. The van der Waals surface area contributed by atoms with Crippen LogP contribution in [0.4, 0.5) is 0 Å². The Kier molecular flexibility index (Phi) is 13.9. The van der Waals surface area contributed by atoms with Gasteiger partial charge in [0.15, 0.2) is 0 Å². The third-order valence-corrected chi connectivity index (χ3v) is 27.1. The van der Waals surface area contributed by atoms with Crippen molar-refractivity contribution in [2.24, 2.45) is 0 Å².